The monoisotopic (exact) mass is 264 g/mol. The first-order valence-corrected chi connectivity index (χ1v) is 7.63. The van der Waals surface area contributed by atoms with Gasteiger partial charge in [0.25, 0.3) is 0 Å². The summed E-state index contributed by atoms with van der Waals surface area (Å²) in [5.41, 5.74) is 7.65. The smallest absolute Gasteiger partial charge is 0.0538 e. The summed E-state index contributed by atoms with van der Waals surface area (Å²) in [6, 6.07) is 0.494. The van der Waals surface area contributed by atoms with Gasteiger partial charge in [0.15, 0.2) is 0 Å². The Balaban J connectivity index is 2.14. The Morgan fingerprint density at radius 3 is 2.63 bits per heavy atom. The van der Waals surface area contributed by atoms with Crippen LogP contribution in [0.25, 0.3) is 0 Å². The van der Waals surface area contributed by atoms with Crippen molar-refractivity contribution in [1.29, 1.82) is 0 Å². The molecule has 1 saturated carbocycles. The van der Waals surface area contributed by atoms with Gasteiger partial charge in [-0.25, -0.2) is 0 Å². The van der Waals surface area contributed by atoms with E-state index in [1.807, 2.05) is 17.9 Å². The van der Waals surface area contributed by atoms with Crippen LogP contribution in [0.3, 0.4) is 0 Å². The van der Waals surface area contributed by atoms with Crippen LogP contribution in [0.1, 0.15) is 51.1 Å². The van der Waals surface area contributed by atoms with Crippen LogP contribution in [-0.2, 0) is 7.05 Å². The molecule has 0 saturated heterocycles. The third kappa shape index (κ3) is 3.37. The van der Waals surface area contributed by atoms with Crippen molar-refractivity contribution in [2.45, 2.75) is 51.6 Å². The number of aryl methyl sites for hydroxylation is 1. The molecule has 4 heteroatoms. The van der Waals surface area contributed by atoms with Gasteiger partial charge in [0.05, 0.1) is 12.2 Å². The summed E-state index contributed by atoms with van der Waals surface area (Å²) in [5, 5.41) is 4.32. The third-order valence-electron chi connectivity index (χ3n) is 4.46. The molecule has 0 spiro atoms. The molecule has 0 aliphatic heterocycles. The first kappa shape index (κ1) is 14.5. The van der Waals surface area contributed by atoms with Gasteiger partial charge in [0.1, 0.15) is 0 Å². The zero-order valence-corrected chi connectivity index (χ0v) is 12.5. The first-order chi connectivity index (χ1) is 9.15. The molecule has 1 aliphatic carbocycles. The van der Waals surface area contributed by atoms with E-state index in [1.54, 1.807) is 0 Å². The molecule has 0 bridgehead atoms. The normalized spacial score (nSPS) is 19.4. The Morgan fingerprint density at radius 2 is 2.21 bits per heavy atom. The number of nitrogens with two attached hydrogens (primary N) is 1. The highest BCUT2D eigenvalue weighted by Gasteiger charge is 2.29. The van der Waals surface area contributed by atoms with E-state index in [1.165, 1.54) is 31.4 Å². The van der Waals surface area contributed by atoms with Crippen molar-refractivity contribution in [2.75, 3.05) is 13.1 Å². The zero-order valence-electron chi connectivity index (χ0n) is 12.5. The molecule has 1 aromatic rings. The summed E-state index contributed by atoms with van der Waals surface area (Å²) in [6.45, 7) is 6.66. The second-order valence-electron chi connectivity index (χ2n) is 5.85. The minimum Gasteiger partial charge on any atom is -0.326 e. The molecule has 1 aliphatic rings. The van der Waals surface area contributed by atoms with Gasteiger partial charge in [-0.2, -0.15) is 5.10 Å². The van der Waals surface area contributed by atoms with Crippen LogP contribution in [0.5, 0.6) is 0 Å². The first-order valence-electron chi connectivity index (χ1n) is 7.63. The predicted molar refractivity (Wildman–Crippen MR) is 78.8 cm³/mol. The van der Waals surface area contributed by atoms with E-state index in [9.17, 15) is 0 Å². The topological polar surface area (TPSA) is 47.1 Å². The Kier molecular flexibility index (Phi) is 4.99. The second kappa shape index (κ2) is 6.53. The van der Waals surface area contributed by atoms with Crippen molar-refractivity contribution in [3.05, 3.63) is 18.0 Å². The molecule has 1 heterocycles. The molecular formula is C15H28N4. The summed E-state index contributed by atoms with van der Waals surface area (Å²) in [5.74, 6) is 0.878. The molecule has 2 rings (SSSR count). The Hall–Kier alpha value is -0.870. The maximum absolute atomic E-state index is 6.39. The molecule has 108 valence electrons. The molecule has 2 unspecified atom stereocenters. The highest BCUT2D eigenvalue weighted by atomic mass is 15.3. The van der Waals surface area contributed by atoms with E-state index in [-0.39, 0.29) is 6.04 Å². The number of aromatic nitrogens is 2. The van der Waals surface area contributed by atoms with Crippen LogP contribution in [0.2, 0.25) is 0 Å². The lowest BCUT2D eigenvalue weighted by molar-refractivity contribution is 0.121. The van der Waals surface area contributed by atoms with E-state index in [2.05, 4.69) is 30.0 Å². The molecule has 19 heavy (non-hydrogen) atoms. The molecule has 0 aromatic carbocycles. The highest BCUT2D eigenvalue weighted by molar-refractivity contribution is 5.13. The minimum absolute atomic E-state index is 0.184. The minimum atomic E-state index is 0.184. The van der Waals surface area contributed by atoms with Gasteiger partial charge in [-0.15, -0.1) is 0 Å². The third-order valence-corrected chi connectivity index (χ3v) is 4.46. The van der Waals surface area contributed by atoms with Crippen LogP contribution < -0.4 is 5.73 Å². The van der Waals surface area contributed by atoms with Gasteiger partial charge in [-0.1, -0.05) is 20.3 Å². The maximum atomic E-state index is 6.39. The van der Waals surface area contributed by atoms with E-state index >= 15 is 0 Å². The summed E-state index contributed by atoms with van der Waals surface area (Å²) in [4.78, 5) is 2.55. The lowest BCUT2D eigenvalue weighted by Gasteiger charge is -2.38. The van der Waals surface area contributed by atoms with Crippen LogP contribution in [0.15, 0.2) is 12.4 Å². The number of rotatable bonds is 7. The predicted octanol–water partition coefficient (Wildman–Crippen LogP) is 2.32. The molecule has 1 aromatic heterocycles. The molecule has 2 atom stereocenters. The largest absolute Gasteiger partial charge is 0.326 e. The molecule has 2 N–H and O–H groups in total. The summed E-state index contributed by atoms with van der Waals surface area (Å²) in [7, 11) is 1.97. The van der Waals surface area contributed by atoms with Crippen molar-refractivity contribution in [3.8, 4) is 0 Å². The number of nitrogens with zero attached hydrogens (tertiary/aromatic N) is 3. The van der Waals surface area contributed by atoms with Gasteiger partial charge in [-0.05, 0) is 31.7 Å². The number of hydrogen-bond acceptors (Lipinski definition) is 3. The lowest BCUT2D eigenvalue weighted by Crippen LogP contribution is -2.43. The highest BCUT2D eigenvalue weighted by Crippen LogP contribution is 2.31. The molecule has 4 nitrogen and oxygen atoms in total. The lowest BCUT2D eigenvalue weighted by atomic mass is 9.84. The summed E-state index contributed by atoms with van der Waals surface area (Å²) >= 11 is 0. The van der Waals surface area contributed by atoms with Crippen LogP contribution in [0, 0.1) is 5.92 Å². The van der Waals surface area contributed by atoms with E-state index in [0.29, 0.717) is 6.04 Å². The van der Waals surface area contributed by atoms with E-state index in [0.717, 1.165) is 18.9 Å². The average Bonchev–Trinajstić information content (AvgIpc) is 2.77. The fraction of sp³-hybridized carbons (Fsp3) is 0.800. The van der Waals surface area contributed by atoms with Crippen molar-refractivity contribution < 1.29 is 0 Å². The van der Waals surface area contributed by atoms with Crippen molar-refractivity contribution in [3.63, 3.8) is 0 Å². The van der Waals surface area contributed by atoms with Gasteiger partial charge >= 0.3 is 0 Å². The number of likely N-dealkylation sites (N-methyl/N-ethyl adjacent to an activating group) is 1. The SMILES string of the molecule is CCC(N)C(c1cnn(C)c1)N(CC)CC1CCC1. The molecule has 0 amide bonds. The maximum Gasteiger partial charge on any atom is 0.0538 e. The fourth-order valence-corrected chi connectivity index (χ4v) is 2.99. The van der Waals surface area contributed by atoms with Crippen LogP contribution in [0.4, 0.5) is 0 Å². The second-order valence-corrected chi connectivity index (χ2v) is 5.85. The van der Waals surface area contributed by atoms with Crippen molar-refractivity contribution >= 4 is 0 Å². The number of hydrogen-bond donors (Lipinski definition) is 1. The van der Waals surface area contributed by atoms with Gasteiger partial charge in [0, 0.05) is 31.4 Å². The fourth-order valence-electron chi connectivity index (χ4n) is 2.99. The average molecular weight is 264 g/mol. The van der Waals surface area contributed by atoms with Crippen molar-refractivity contribution in [1.82, 2.24) is 14.7 Å². The quantitative estimate of drug-likeness (QED) is 0.822. The van der Waals surface area contributed by atoms with E-state index in [4.69, 9.17) is 5.73 Å². The van der Waals surface area contributed by atoms with Crippen LogP contribution >= 0.6 is 0 Å². The Bertz CT molecular complexity index is 383. The molecular weight excluding hydrogens is 236 g/mol. The van der Waals surface area contributed by atoms with Crippen molar-refractivity contribution in [2.24, 2.45) is 18.7 Å². The molecule has 1 fully saturated rings. The van der Waals surface area contributed by atoms with Gasteiger partial charge in [0.2, 0.25) is 0 Å². The van der Waals surface area contributed by atoms with Gasteiger partial charge < -0.3 is 5.73 Å². The standard InChI is InChI=1S/C15H28N4/c1-4-14(16)15(13-9-17-18(3)11-13)19(5-2)10-12-7-6-8-12/h9,11-12,14-15H,4-8,10,16H2,1-3H3. The Labute approximate surface area is 117 Å². The summed E-state index contributed by atoms with van der Waals surface area (Å²) < 4.78 is 1.88. The molecule has 0 radical (unpaired) electrons. The Morgan fingerprint density at radius 1 is 1.47 bits per heavy atom. The van der Waals surface area contributed by atoms with Crippen LogP contribution in [-0.4, -0.2) is 33.8 Å². The summed E-state index contributed by atoms with van der Waals surface area (Å²) in [6.07, 6.45) is 9.27. The zero-order chi connectivity index (χ0) is 13.8. The van der Waals surface area contributed by atoms with Gasteiger partial charge in [-0.3, -0.25) is 9.58 Å². The van der Waals surface area contributed by atoms with E-state index < -0.39 is 0 Å².